The van der Waals surface area contributed by atoms with Crippen LogP contribution in [0.2, 0.25) is 0 Å². The summed E-state index contributed by atoms with van der Waals surface area (Å²) in [4.78, 5) is 23.4. The lowest BCUT2D eigenvalue weighted by Gasteiger charge is -2.10. The second kappa shape index (κ2) is 7.70. The number of nitrogens with one attached hydrogen (secondary N) is 1. The number of carbonyl (C=O) groups excluding carboxylic acids is 1. The average Bonchev–Trinajstić information content (AvgIpc) is 3.00. The molecule has 3 rings (SSSR count). The summed E-state index contributed by atoms with van der Waals surface area (Å²) in [5.41, 5.74) is 6.63. The third-order valence-corrected chi connectivity index (χ3v) is 4.22. The highest BCUT2D eigenvalue weighted by Crippen LogP contribution is 2.17. The van der Waals surface area contributed by atoms with Crippen molar-refractivity contribution in [1.29, 1.82) is 0 Å². The fraction of sp³-hybridized carbons (Fsp3) is 0.0952. The monoisotopic (exact) mass is 361 g/mol. The van der Waals surface area contributed by atoms with Gasteiger partial charge in [0.2, 0.25) is 0 Å². The molecule has 0 fully saturated rings. The van der Waals surface area contributed by atoms with Crippen LogP contribution in [0.3, 0.4) is 0 Å². The standard InChI is InChI=1S/C21H19N3O3/c1-14-7-8-15(2)24(14)18-11-9-16(10-12-18)20(25)23-22-13-17-5-3-4-6-19(17)21(26)27/h3-13H,1-2H3,(H,23,25)(H,26,27)/b22-13+. The molecule has 0 aliphatic carbocycles. The Morgan fingerprint density at radius 2 is 1.59 bits per heavy atom. The normalized spacial score (nSPS) is 10.9. The van der Waals surface area contributed by atoms with Crippen molar-refractivity contribution in [2.24, 2.45) is 5.10 Å². The van der Waals surface area contributed by atoms with Gasteiger partial charge in [0.15, 0.2) is 0 Å². The summed E-state index contributed by atoms with van der Waals surface area (Å²) in [7, 11) is 0. The van der Waals surface area contributed by atoms with E-state index in [1.54, 1.807) is 30.3 Å². The summed E-state index contributed by atoms with van der Waals surface area (Å²) in [5, 5.41) is 13.0. The van der Waals surface area contributed by atoms with Crippen molar-refractivity contribution >= 4 is 18.1 Å². The van der Waals surface area contributed by atoms with Gasteiger partial charge in [-0.3, -0.25) is 4.79 Å². The highest BCUT2D eigenvalue weighted by atomic mass is 16.4. The lowest BCUT2D eigenvalue weighted by molar-refractivity contribution is 0.0696. The van der Waals surface area contributed by atoms with E-state index in [1.807, 2.05) is 38.1 Å². The van der Waals surface area contributed by atoms with Gasteiger partial charge in [0.05, 0.1) is 11.8 Å². The minimum absolute atomic E-state index is 0.123. The van der Waals surface area contributed by atoms with E-state index in [0.29, 0.717) is 11.1 Å². The fourth-order valence-electron chi connectivity index (χ4n) is 2.87. The Morgan fingerprint density at radius 3 is 2.22 bits per heavy atom. The molecule has 0 radical (unpaired) electrons. The SMILES string of the molecule is Cc1ccc(C)n1-c1ccc(C(=O)N/N=C/c2ccccc2C(=O)O)cc1. The van der Waals surface area contributed by atoms with Crippen molar-refractivity contribution in [2.75, 3.05) is 0 Å². The van der Waals surface area contributed by atoms with E-state index < -0.39 is 5.97 Å². The first-order valence-electron chi connectivity index (χ1n) is 8.38. The number of hydrazone groups is 1. The highest BCUT2D eigenvalue weighted by Gasteiger charge is 2.09. The van der Waals surface area contributed by atoms with Gasteiger partial charge in [0, 0.05) is 28.2 Å². The summed E-state index contributed by atoms with van der Waals surface area (Å²) in [5.74, 6) is -1.42. The Kier molecular flexibility index (Phi) is 5.17. The number of benzene rings is 2. The number of hydrogen-bond donors (Lipinski definition) is 2. The topological polar surface area (TPSA) is 83.7 Å². The molecule has 6 heteroatoms. The third-order valence-electron chi connectivity index (χ3n) is 4.22. The van der Waals surface area contributed by atoms with Crippen molar-refractivity contribution in [1.82, 2.24) is 9.99 Å². The van der Waals surface area contributed by atoms with E-state index in [9.17, 15) is 9.59 Å². The van der Waals surface area contributed by atoms with Crippen molar-refractivity contribution in [3.63, 3.8) is 0 Å². The number of aromatic carboxylic acids is 1. The maximum atomic E-state index is 12.2. The van der Waals surface area contributed by atoms with Gasteiger partial charge in [-0.1, -0.05) is 18.2 Å². The van der Waals surface area contributed by atoms with Crippen LogP contribution < -0.4 is 5.43 Å². The molecule has 1 amide bonds. The Morgan fingerprint density at radius 1 is 0.963 bits per heavy atom. The van der Waals surface area contributed by atoms with Crippen molar-refractivity contribution in [3.05, 3.63) is 88.7 Å². The van der Waals surface area contributed by atoms with Gasteiger partial charge < -0.3 is 9.67 Å². The van der Waals surface area contributed by atoms with Gasteiger partial charge in [0.1, 0.15) is 0 Å². The molecule has 0 unspecified atom stereocenters. The molecule has 2 N–H and O–H groups in total. The minimum atomic E-state index is -1.05. The number of carboxylic acids is 1. The van der Waals surface area contributed by atoms with Crippen LogP contribution >= 0.6 is 0 Å². The van der Waals surface area contributed by atoms with E-state index in [1.165, 1.54) is 12.3 Å². The first-order chi connectivity index (χ1) is 13.0. The number of carbonyl (C=O) groups is 2. The lowest BCUT2D eigenvalue weighted by Crippen LogP contribution is -2.18. The molecule has 0 spiro atoms. The molecule has 27 heavy (non-hydrogen) atoms. The van der Waals surface area contributed by atoms with Crippen LogP contribution in [0, 0.1) is 13.8 Å². The molecule has 0 atom stereocenters. The summed E-state index contributed by atoms with van der Waals surface area (Å²) in [6, 6.07) is 17.7. The van der Waals surface area contributed by atoms with E-state index in [4.69, 9.17) is 5.11 Å². The predicted molar refractivity (Wildman–Crippen MR) is 104 cm³/mol. The molecule has 3 aromatic rings. The van der Waals surface area contributed by atoms with Crippen LogP contribution in [0.15, 0.2) is 65.8 Å². The van der Waals surface area contributed by atoms with Crippen molar-refractivity contribution < 1.29 is 14.7 Å². The number of rotatable bonds is 5. The first-order valence-corrected chi connectivity index (χ1v) is 8.38. The first kappa shape index (κ1) is 18.1. The summed E-state index contributed by atoms with van der Waals surface area (Å²) in [6.45, 7) is 4.05. The summed E-state index contributed by atoms with van der Waals surface area (Å²) >= 11 is 0. The maximum Gasteiger partial charge on any atom is 0.336 e. The Hall–Kier alpha value is -3.67. The average molecular weight is 361 g/mol. The zero-order valence-electron chi connectivity index (χ0n) is 15.0. The number of hydrogen-bond acceptors (Lipinski definition) is 3. The number of aryl methyl sites for hydroxylation is 2. The van der Waals surface area contributed by atoms with Crippen LogP contribution in [0.1, 0.15) is 37.7 Å². The van der Waals surface area contributed by atoms with Crippen LogP contribution in [0.4, 0.5) is 0 Å². The van der Waals surface area contributed by atoms with Crippen LogP contribution in [-0.4, -0.2) is 27.8 Å². The highest BCUT2D eigenvalue weighted by molar-refractivity contribution is 5.99. The maximum absolute atomic E-state index is 12.2. The Labute approximate surface area is 156 Å². The molecule has 0 bridgehead atoms. The Bertz CT molecular complexity index is 998. The van der Waals surface area contributed by atoms with Crippen molar-refractivity contribution in [3.8, 4) is 5.69 Å². The third kappa shape index (κ3) is 3.95. The number of aromatic nitrogens is 1. The molecule has 0 saturated carbocycles. The Balaban J connectivity index is 1.71. The van der Waals surface area contributed by atoms with Gasteiger partial charge >= 0.3 is 5.97 Å². The van der Waals surface area contributed by atoms with Gasteiger partial charge in [-0.05, 0) is 56.3 Å². The molecule has 6 nitrogen and oxygen atoms in total. The van der Waals surface area contributed by atoms with Crippen LogP contribution in [-0.2, 0) is 0 Å². The van der Waals surface area contributed by atoms with Gasteiger partial charge in [-0.25, -0.2) is 10.2 Å². The second-order valence-corrected chi connectivity index (χ2v) is 6.09. The van der Waals surface area contributed by atoms with Gasteiger partial charge in [-0.15, -0.1) is 0 Å². The quantitative estimate of drug-likeness (QED) is 0.538. The zero-order valence-corrected chi connectivity index (χ0v) is 15.0. The number of nitrogens with zero attached hydrogens (tertiary/aromatic N) is 2. The van der Waals surface area contributed by atoms with Crippen LogP contribution in [0.5, 0.6) is 0 Å². The van der Waals surface area contributed by atoms with E-state index in [-0.39, 0.29) is 11.5 Å². The number of carboxylic acid groups (broad SMARTS) is 1. The van der Waals surface area contributed by atoms with Gasteiger partial charge in [0.25, 0.3) is 5.91 Å². The smallest absolute Gasteiger partial charge is 0.336 e. The largest absolute Gasteiger partial charge is 0.478 e. The van der Waals surface area contributed by atoms with Crippen LogP contribution in [0.25, 0.3) is 5.69 Å². The molecule has 2 aromatic carbocycles. The molecular formula is C21H19N3O3. The molecular weight excluding hydrogens is 342 g/mol. The second-order valence-electron chi connectivity index (χ2n) is 6.09. The molecule has 0 aliphatic rings. The predicted octanol–water partition coefficient (Wildman–Crippen LogP) is 3.56. The molecule has 136 valence electrons. The lowest BCUT2D eigenvalue weighted by atomic mass is 10.1. The van der Waals surface area contributed by atoms with E-state index in [2.05, 4.69) is 15.1 Å². The minimum Gasteiger partial charge on any atom is -0.478 e. The zero-order chi connectivity index (χ0) is 19.4. The fourth-order valence-corrected chi connectivity index (χ4v) is 2.87. The summed E-state index contributed by atoms with van der Waals surface area (Å²) in [6.07, 6.45) is 1.32. The molecule has 1 aromatic heterocycles. The van der Waals surface area contributed by atoms with Crippen molar-refractivity contribution in [2.45, 2.75) is 13.8 Å². The molecule has 0 saturated heterocycles. The molecule has 1 heterocycles. The summed E-state index contributed by atoms with van der Waals surface area (Å²) < 4.78 is 2.10. The molecule has 0 aliphatic heterocycles. The van der Waals surface area contributed by atoms with E-state index in [0.717, 1.165) is 17.1 Å². The number of amides is 1. The van der Waals surface area contributed by atoms with E-state index >= 15 is 0 Å². The van der Waals surface area contributed by atoms with Gasteiger partial charge in [-0.2, -0.15) is 5.10 Å².